The summed E-state index contributed by atoms with van der Waals surface area (Å²) in [5.74, 6) is -1.35. The number of aliphatic hydroxyl groups is 1. The number of benzene rings is 1. The fourth-order valence-corrected chi connectivity index (χ4v) is 4.57. The molecule has 0 spiro atoms. The molecular weight excluding hydrogens is 412 g/mol. The van der Waals surface area contributed by atoms with E-state index >= 15 is 0 Å². The molecule has 2 aromatic heterocycles. The zero-order chi connectivity index (χ0) is 20.9. The quantitative estimate of drug-likeness (QED) is 0.584. The van der Waals surface area contributed by atoms with Crippen molar-refractivity contribution >= 4 is 40.3 Å². The molecule has 0 radical (unpaired) electrons. The number of furan rings is 1. The van der Waals surface area contributed by atoms with Crippen molar-refractivity contribution in [3.8, 4) is 0 Å². The molecule has 0 fully saturated rings. The number of aliphatic hydroxyl groups excluding tert-OH is 1. The number of carbonyl (C=O) groups is 2. The summed E-state index contributed by atoms with van der Waals surface area (Å²) in [7, 11) is 0. The summed E-state index contributed by atoms with van der Waals surface area (Å²) in [6, 6.07) is 7.57. The highest BCUT2D eigenvalue weighted by Crippen LogP contribution is 2.44. The summed E-state index contributed by atoms with van der Waals surface area (Å²) in [5.41, 5.74) is 1.68. The number of halogens is 1. The van der Waals surface area contributed by atoms with E-state index in [1.807, 2.05) is 0 Å². The predicted octanol–water partition coefficient (Wildman–Crippen LogP) is 5.10. The number of Topliss-reactive ketones (excluding diaryl/α,β-unsaturated/α-hetero) is 1. The highest BCUT2D eigenvalue weighted by atomic mass is 35.5. The van der Waals surface area contributed by atoms with E-state index in [1.54, 1.807) is 51.1 Å². The van der Waals surface area contributed by atoms with Gasteiger partial charge in [0, 0.05) is 10.7 Å². The molecule has 1 N–H and O–H groups in total. The maximum Gasteiger partial charge on any atom is 0.294 e. The maximum absolute atomic E-state index is 13.4. The summed E-state index contributed by atoms with van der Waals surface area (Å²) >= 11 is 7.48. The number of ketones is 1. The van der Waals surface area contributed by atoms with Gasteiger partial charge in [0.05, 0.1) is 27.4 Å². The van der Waals surface area contributed by atoms with Crippen molar-refractivity contribution in [2.45, 2.75) is 26.8 Å². The maximum atomic E-state index is 13.4. The summed E-state index contributed by atoms with van der Waals surface area (Å²) in [4.78, 5) is 32.5. The lowest BCUT2D eigenvalue weighted by atomic mass is 9.99. The normalized spacial score (nSPS) is 16.8. The monoisotopic (exact) mass is 428 g/mol. The van der Waals surface area contributed by atoms with Crippen molar-refractivity contribution in [1.82, 2.24) is 4.98 Å². The van der Waals surface area contributed by atoms with Crippen LogP contribution in [-0.2, 0) is 4.79 Å². The van der Waals surface area contributed by atoms with Crippen LogP contribution in [0, 0.1) is 20.8 Å². The third kappa shape index (κ3) is 3.07. The van der Waals surface area contributed by atoms with Crippen LogP contribution in [0.25, 0.3) is 0 Å². The van der Waals surface area contributed by atoms with Crippen LogP contribution in [0.4, 0.5) is 5.69 Å². The van der Waals surface area contributed by atoms with Crippen molar-refractivity contribution in [3.05, 3.63) is 79.9 Å². The van der Waals surface area contributed by atoms with E-state index in [0.717, 1.165) is 5.01 Å². The molecule has 3 heterocycles. The molecule has 8 heteroatoms. The molecule has 1 aliphatic heterocycles. The van der Waals surface area contributed by atoms with Crippen LogP contribution in [0.2, 0.25) is 5.02 Å². The van der Waals surface area contributed by atoms with Gasteiger partial charge in [0.15, 0.2) is 5.76 Å². The van der Waals surface area contributed by atoms with Crippen molar-refractivity contribution < 1.29 is 19.1 Å². The Morgan fingerprint density at radius 1 is 1.24 bits per heavy atom. The third-order valence-corrected chi connectivity index (χ3v) is 6.35. The van der Waals surface area contributed by atoms with Gasteiger partial charge in [-0.2, -0.15) is 0 Å². The average Bonchev–Trinajstić information content (AvgIpc) is 3.37. The molecule has 0 saturated carbocycles. The second-order valence-electron chi connectivity index (χ2n) is 6.72. The molecule has 29 heavy (non-hydrogen) atoms. The topological polar surface area (TPSA) is 83.6 Å². The summed E-state index contributed by atoms with van der Waals surface area (Å²) in [5, 5.41) is 11.9. The van der Waals surface area contributed by atoms with Crippen LogP contribution in [0.3, 0.4) is 0 Å². The van der Waals surface area contributed by atoms with E-state index < -0.39 is 23.5 Å². The molecule has 6 nitrogen and oxygen atoms in total. The summed E-state index contributed by atoms with van der Waals surface area (Å²) in [6.07, 6.45) is 1.46. The van der Waals surface area contributed by atoms with Gasteiger partial charge in [-0.25, -0.2) is 4.98 Å². The Hall–Kier alpha value is -2.90. The average molecular weight is 429 g/mol. The van der Waals surface area contributed by atoms with E-state index in [9.17, 15) is 14.7 Å². The lowest BCUT2D eigenvalue weighted by Gasteiger charge is -2.26. The minimum absolute atomic E-state index is 0.0314. The number of aromatic nitrogens is 1. The fourth-order valence-electron chi connectivity index (χ4n) is 3.52. The van der Waals surface area contributed by atoms with E-state index in [1.165, 1.54) is 22.5 Å². The molecule has 1 aliphatic rings. The van der Waals surface area contributed by atoms with Gasteiger partial charge in [-0.15, -0.1) is 11.3 Å². The van der Waals surface area contributed by atoms with Crippen molar-refractivity contribution in [3.63, 3.8) is 0 Å². The Morgan fingerprint density at radius 2 is 2.00 bits per heavy atom. The van der Waals surface area contributed by atoms with E-state index in [4.69, 9.17) is 16.0 Å². The van der Waals surface area contributed by atoms with E-state index in [2.05, 4.69) is 4.98 Å². The van der Waals surface area contributed by atoms with Gasteiger partial charge in [-0.1, -0.05) is 17.7 Å². The van der Waals surface area contributed by atoms with Crippen molar-refractivity contribution in [2.24, 2.45) is 0 Å². The number of anilines is 1. The fraction of sp³-hybridized carbons (Fsp3) is 0.190. The smallest absolute Gasteiger partial charge is 0.294 e. The van der Waals surface area contributed by atoms with Gasteiger partial charge in [0.1, 0.15) is 11.8 Å². The lowest BCUT2D eigenvalue weighted by Crippen LogP contribution is -2.31. The lowest BCUT2D eigenvalue weighted by molar-refractivity contribution is -0.117. The summed E-state index contributed by atoms with van der Waals surface area (Å²) < 4.78 is 5.55. The second kappa shape index (κ2) is 7.17. The van der Waals surface area contributed by atoms with E-state index in [0.29, 0.717) is 32.6 Å². The number of aryl methyl sites for hydroxylation is 2. The van der Waals surface area contributed by atoms with Gasteiger partial charge in [0.25, 0.3) is 5.91 Å². The zero-order valence-corrected chi connectivity index (χ0v) is 17.5. The van der Waals surface area contributed by atoms with Crippen molar-refractivity contribution in [2.75, 3.05) is 4.90 Å². The number of carbonyl (C=O) groups excluding carboxylic acids is 2. The number of nitrogens with zero attached hydrogens (tertiary/aromatic N) is 2. The molecule has 1 unspecified atom stereocenters. The van der Waals surface area contributed by atoms with E-state index in [-0.39, 0.29) is 5.57 Å². The number of thiazole rings is 1. The first-order chi connectivity index (χ1) is 13.8. The van der Waals surface area contributed by atoms with Crippen LogP contribution < -0.4 is 4.90 Å². The second-order valence-corrected chi connectivity index (χ2v) is 8.33. The first-order valence-electron chi connectivity index (χ1n) is 8.85. The van der Waals surface area contributed by atoms with Gasteiger partial charge in [-0.05, 0) is 50.6 Å². The van der Waals surface area contributed by atoms with Crippen LogP contribution in [0.15, 0.2) is 52.3 Å². The van der Waals surface area contributed by atoms with Crippen LogP contribution in [0.5, 0.6) is 0 Å². The standard InChI is InChI=1S/C21H17ClN2O4S/c1-10-13(22)6-4-7-14(10)24-17(15-8-5-9-28-15)16(19(26)21(24)27)18(25)20-11(2)23-12(3)29-20/h4-9,17,26H,1-3H3. The van der Waals surface area contributed by atoms with Crippen LogP contribution in [-0.4, -0.2) is 21.8 Å². The first-order valence-corrected chi connectivity index (χ1v) is 10.0. The molecule has 4 rings (SSSR count). The summed E-state index contributed by atoms with van der Waals surface area (Å²) in [6.45, 7) is 5.30. The highest BCUT2D eigenvalue weighted by Gasteiger charge is 2.47. The number of rotatable bonds is 4. The van der Waals surface area contributed by atoms with Crippen molar-refractivity contribution in [1.29, 1.82) is 0 Å². The van der Waals surface area contributed by atoms with Gasteiger partial charge < -0.3 is 9.52 Å². The molecular formula is C21H17ClN2O4S. The van der Waals surface area contributed by atoms with Gasteiger partial charge >= 0.3 is 0 Å². The molecule has 1 aromatic carbocycles. The largest absolute Gasteiger partial charge is 0.503 e. The van der Waals surface area contributed by atoms with Gasteiger partial charge in [-0.3, -0.25) is 14.5 Å². The van der Waals surface area contributed by atoms with Crippen LogP contribution in [0.1, 0.15) is 37.7 Å². The minimum atomic E-state index is -0.913. The number of hydrogen-bond donors (Lipinski definition) is 1. The third-order valence-electron chi connectivity index (χ3n) is 4.87. The molecule has 1 amide bonds. The predicted molar refractivity (Wildman–Crippen MR) is 111 cm³/mol. The Kier molecular flexibility index (Phi) is 4.80. The highest BCUT2D eigenvalue weighted by molar-refractivity contribution is 7.14. The van der Waals surface area contributed by atoms with Crippen LogP contribution >= 0.6 is 22.9 Å². The minimum Gasteiger partial charge on any atom is -0.503 e. The SMILES string of the molecule is Cc1nc(C)c(C(=O)C2=C(O)C(=O)N(c3cccc(Cl)c3C)C2c2ccco2)s1. The van der Waals surface area contributed by atoms with Gasteiger partial charge in [0.2, 0.25) is 5.78 Å². The molecule has 0 saturated heterocycles. The number of hydrogen-bond acceptors (Lipinski definition) is 6. The number of amides is 1. The Labute approximate surface area is 176 Å². The molecule has 0 aliphatic carbocycles. The molecule has 3 aromatic rings. The Balaban J connectivity index is 1.91. The first kappa shape index (κ1) is 19.4. The Morgan fingerprint density at radius 3 is 2.62 bits per heavy atom. The molecule has 1 atom stereocenters. The molecule has 148 valence electrons. The molecule has 0 bridgehead atoms. The Bertz CT molecular complexity index is 1160. The zero-order valence-electron chi connectivity index (χ0n) is 15.9.